The SMILES string of the molecule is C[C@H](N)c1ccc(N2CCC2)cc1. The lowest BCUT2D eigenvalue weighted by Crippen LogP contribution is -2.36. The largest absolute Gasteiger partial charge is 0.371 e. The van der Waals surface area contributed by atoms with Gasteiger partial charge < -0.3 is 10.6 Å². The highest BCUT2D eigenvalue weighted by Crippen LogP contribution is 2.22. The molecule has 1 aromatic rings. The molecule has 0 bridgehead atoms. The molecule has 0 unspecified atom stereocenters. The van der Waals surface area contributed by atoms with E-state index >= 15 is 0 Å². The van der Waals surface area contributed by atoms with Crippen LogP contribution < -0.4 is 10.6 Å². The van der Waals surface area contributed by atoms with Crippen molar-refractivity contribution in [1.29, 1.82) is 0 Å². The molecule has 2 N–H and O–H groups in total. The van der Waals surface area contributed by atoms with E-state index in [0.29, 0.717) is 0 Å². The molecule has 0 spiro atoms. The Morgan fingerprint density at radius 2 is 1.85 bits per heavy atom. The lowest BCUT2D eigenvalue weighted by Gasteiger charge is -2.33. The van der Waals surface area contributed by atoms with E-state index in [1.807, 2.05) is 6.92 Å². The van der Waals surface area contributed by atoms with E-state index in [9.17, 15) is 0 Å². The highest BCUT2D eigenvalue weighted by Gasteiger charge is 2.13. The Kier molecular flexibility index (Phi) is 2.23. The zero-order valence-electron chi connectivity index (χ0n) is 8.03. The number of benzene rings is 1. The molecule has 1 saturated heterocycles. The van der Waals surface area contributed by atoms with Crippen LogP contribution in [0, 0.1) is 0 Å². The number of hydrogen-bond donors (Lipinski definition) is 1. The minimum absolute atomic E-state index is 0.144. The number of nitrogens with two attached hydrogens (primary N) is 1. The van der Waals surface area contributed by atoms with Crippen molar-refractivity contribution in [1.82, 2.24) is 0 Å². The molecular weight excluding hydrogens is 160 g/mol. The second kappa shape index (κ2) is 3.38. The van der Waals surface area contributed by atoms with E-state index in [0.717, 1.165) is 0 Å². The molecule has 1 aliphatic heterocycles. The molecule has 2 rings (SSSR count). The van der Waals surface area contributed by atoms with Crippen LogP contribution >= 0.6 is 0 Å². The molecule has 1 heterocycles. The number of nitrogens with zero attached hydrogens (tertiary/aromatic N) is 1. The first-order valence-electron chi connectivity index (χ1n) is 4.88. The predicted octanol–water partition coefficient (Wildman–Crippen LogP) is 1.92. The summed E-state index contributed by atoms with van der Waals surface area (Å²) in [6.07, 6.45) is 1.33. The molecule has 70 valence electrons. The lowest BCUT2D eigenvalue weighted by molar-refractivity contribution is 0.617. The summed E-state index contributed by atoms with van der Waals surface area (Å²) < 4.78 is 0. The minimum Gasteiger partial charge on any atom is -0.371 e. The van der Waals surface area contributed by atoms with E-state index in [-0.39, 0.29) is 6.04 Å². The summed E-state index contributed by atoms with van der Waals surface area (Å²) in [6, 6.07) is 8.72. The Morgan fingerprint density at radius 3 is 2.23 bits per heavy atom. The maximum atomic E-state index is 5.77. The minimum atomic E-state index is 0.144. The third kappa shape index (κ3) is 1.68. The fraction of sp³-hybridized carbons (Fsp3) is 0.455. The number of rotatable bonds is 2. The van der Waals surface area contributed by atoms with Crippen molar-refractivity contribution in [3.05, 3.63) is 29.8 Å². The number of hydrogen-bond acceptors (Lipinski definition) is 2. The van der Waals surface area contributed by atoms with Crippen molar-refractivity contribution in [3.63, 3.8) is 0 Å². The fourth-order valence-corrected chi connectivity index (χ4v) is 1.56. The van der Waals surface area contributed by atoms with Crippen molar-refractivity contribution >= 4 is 5.69 Å². The van der Waals surface area contributed by atoms with E-state index in [1.165, 1.54) is 30.8 Å². The van der Waals surface area contributed by atoms with Gasteiger partial charge in [-0.15, -0.1) is 0 Å². The topological polar surface area (TPSA) is 29.3 Å². The van der Waals surface area contributed by atoms with E-state index in [1.54, 1.807) is 0 Å². The fourth-order valence-electron chi connectivity index (χ4n) is 1.56. The smallest absolute Gasteiger partial charge is 0.0366 e. The van der Waals surface area contributed by atoms with Crippen molar-refractivity contribution in [2.24, 2.45) is 5.73 Å². The Morgan fingerprint density at radius 1 is 1.23 bits per heavy atom. The first-order chi connectivity index (χ1) is 6.27. The normalized spacial score (nSPS) is 18.2. The number of anilines is 1. The van der Waals surface area contributed by atoms with Crippen LogP contribution in [0.5, 0.6) is 0 Å². The van der Waals surface area contributed by atoms with Gasteiger partial charge in [0.05, 0.1) is 0 Å². The average molecular weight is 176 g/mol. The molecular formula is C11H16N2. The highest BCUT2D eigenvalue weighted by molar-refractivity contribution is 5.49. The maximum Gasteiger partial charge on any atom is 0.0366 e. The molecule has 13 heavy (non-hydrogen) atoms. The van der Waals surface area contributed by atoms with Crippen LogP contribution in [0.15, 0.2) is 24.3 Å². The maximum absolute atomic E-state index is 5.77. The molecule has 2 heteroatoms. The van der Waals surface area contributed by atoms with Gasteiger partial charge in [-0.3, -0.25) is 0 Å². The molecule has 1 aliphatic rings. The highest BCUT2D eigenvalue weighted by atomic mass is 15.2. The van der Waals surface area contributed by atoms with Gasteiger partial charge in [-0.1, -0.05) is 12.1 Å². The predicted molar refractivity (Wildman–Crippen MR) is 55.9 cm³/mol. The van der Waals surface area contributed by atoms with Gasteiger partial charge in [0.15, 0.2) is 0 Å². The lowest BCUT2D eigenvalue weighted by atomic mass is 10.1. The third-order valence-corrected chi connectivity index (χ3v) is 2.64. The Labute approximate surface area is 79.4 Å². The summed E-state index contributed by atoms with van der Waals surface area (Å²) in [5, 5.41) is 0. The van der Waals surface area contributed by atoms with Crippen molar-refractivity contribution in [2.45, 2.75) is 19.4 Å². The third-order valence-electron chi connectivity index (χ3n) is 2.64. The van der Waals surface area contributed by atoms with Gasteiger partial charge in [-0.2, -0.15) is 0 Å². The molecule has 0 aromatic heterocycles. The zero-order chi connectivity index (χ0) is 9.26. The molecule has 0 aliphatic carbocycles. The molecule has 2 nitrogen and oxygen atoms in total. The van der Waals surface area contributed by atoms with Crippen molar-refractivity contribution in [3.8, 4) is 0 Å². The van der Waals surface area contributed by atoms with Gasteiger partial charge in [-0.05, 0) is 31.0 Å². The zero-order valence-corrected chi connectivity index (χ0v) is 8.03. The standard InChI is InChI=1S/C11H16N2/c1-9(12)10-3-5-11(6-4-10)13-7-2-8-13/h3-6,9H,2,7-8,12H2,1H3/t9-/m0/s1. The molecule has 1 fully saturated rings. The van der Waals surface area contributed by atoms with Gasteiger partial charge in [0.25, 0.3) is 0 Å². The molecule has 0 amide bonds. The first kappa shape index (κ1) is 8.57. The molecule has 1 atom stereocenters. The monoisotopic (exact) mass is 176 g/mol. The average Bonchev–Trinajstić information content (AvgIpc) is 2.02. The quantitative estimate of drug-likeness (QED) is 0.746. The summed E-state index contributed by atoms with van der Waals surface area (Å²) in [5.41, 5.74) is 8.31. The van der Waals surface area contributed by atoms with Crippen LogP contribution in [0.3, 0.4) is 0 Å². The summed E-state index contributed by atoms with van der Waals surface area (Å²) in [6.45, 7) is 4.42. The van der Waals surface area contributed by atoms with E-state index in [4.69, 9.17) is 5.73 Å². The van der Waals surface area contributed by atoms with Crippen LogP contribution in [-0.2, 0) is 0 Å². The second-order valence-corrected chi connectivity index (χ2v) is 3.72. The van der Waals surface area contributed by atoms with Crippen LogP contribution in [0.1, 0.15) is 24.9 Å². The summed E-state index contributed by atoms with van der Waals surface area (Å²) in [5.74, 6) is 0. The van der Waals surface area contributed by atoms with Gasteiger partial charge in [-0.25, -0.2) is 0 Å². The van der Waals surface area contributed by atoms with E-state index < -0.39 is 0 Å². The summed E-state index contributed by atoms with van der Waals surface area (Å²) in [4.78, 5) is 2.38. The van der Waals surface area contributed by atoms with Gasteiger partial charge in [0.2, 0.25) is 0 Å². The first-order valence-corrected chi connectivity index (χ1v) is 4.88. The summed E-state index contributed by atoms with van der Waals surface area (Å²) >= 11 is 0. The van der Waals surface area contributed by atoms with Crippen LogP contribution in [0.25, 0.3) is 0 Å². The Hall–Kier alpha value is -1.02. The van der Waals surface area contributed by atoms with Crippen LogP contribution in [-0.4, -0.2) is 13.1 Å². The van der Waals surface area contributed by atoms with Crippen LogP contribution in [0.4, 0.5) is 5.69 Å². The van der Waals surface area contributed by atoms with Gasteiger partial charge >= 0.3 is 0 Å². The molecule has 0 radical (unpaired) electrons. The van der Waals surface area contributed by atoms with Crippen LogP contribution in [0.2, 0.25) is 0 Å². The van der Waals surface area contributed by atoms with Gasteiger partial charge in [0.1, 0.15) is 0 Å². The van der Waals surface area contributed by atoms with Crippen molar-refractivity contribution in [2.75, 3.05) is 18.0 Å². The van der Waals surface area contributed by atoms with Crippen molar-refractivity contribution < 1.29 is 0 Å². The molecule has 0 saturated carbocycles. The van der Waals surface area contributed by atoms with E-state index in [2.05, 4.69) is 29.2 Å². The summed E-state index contributed by atoms with van der Waals surface area (Å²) in [7, 11) is 0. The Balaban J connectivity index is 2.13. The second-order valence-electron chi connectivity index (χ2n) is 3.72. The van der Waals surface area contributed by atoms with Gasteiger partial charge in [0, 0.05) is 24.8 Å². The molecule has 1 aromatic carbocycles. The Bertz CT molecular complexity index is 273.